The van der Waals surface area contributed by atoms with Gasteiger partial charge in [0.05, 0.1) is 0 Å². The van der Waals surface area contributed by atoms with Gasteiger partial charge in [0, 0.05) is 17.7 Å². The van der Waals surface area contributed by atoms with Crippen LogP contribution < -0.4 is 5.73 Å². The third-order valence-corrected chi connectivity index (χ3v) is 1.55. The van der Waals surface area contributed by atoms with E-state index in [2.05, 4.69) is 0 Å². The Labute approximate surface area is 50.6 Å². The van der Waals surface area contributed by atoms with E-state index in [0.29, 0.717) is 0 Å². The number of nitrogens with two attached hydrogens (primary N) is 1. The predicted molar refractivity (Wildman–Crippen MR) is 36.2 cm³/mol. The average Bonchev–Trinajstić information content (AvgIpc) is 1.67. The first kappa shape index (κ1) is 7.63. The second-order valence-electron chi connectivity index (χ2n) is 2.75. The molecule has 1 atom stereocenters. The summed E-state index contributed by atoms with van der Waals surface area (Å²) in [5.41, 5.74) is 5.39. The molecule has 8 heavy (non-hydrogen) atoms. The molecule has 0 aliphatic carbocycles. The Morgan fingerprint density at radius 2 is 2.00 bits per heavy atom. The fourth-order valence-corrected chi connectivity index (χ4v) is 0.131. The zero-order valence-corrected chi connectivity index (χ0v) is 5.73. The molecule has 0 aliphatic rings. The molecule has 0 saturated carbocycles. The lowest BCUT2D eigenvalue weighted by atomic mass is 9.88. The van der Waals surface area contributed by atoms with E-state index in [4.69, 9.17) is 11.1 Å². The summed E-state index contributed by atoms with van der Waals surface area (Å²) in [6.07, 6.45) is 1.39. The van der Waals surface area contributed by atoms with Crippen LogP contribution in [0.5, 0.6) is 0 Å². The first-order chi connectivity index (χ1) is 3.50. The van der Waals surface area contributed by atoms with Crippen LogP contribution in [0.1, 0.15) is 20.8 Å². The van der Waals surface area contributed by atoms with Crippen molar-refractivity contribution >= 4 is 6.21 Å². The Bertz CT molecular complexity index is 84.5. The standard InChI is InChI=1S/C6H14N2/c1-5(8)6(2,3)4-7/h4-5,7H,8H2,1-3H3. The first-order valence-corrected chi connectivity index (χ1v) is 2.78. The van der Waals surface area contributed by atoms with Gasteiger partial charge in [0.15, 0.2) is 0 Å². The molecule has 0 radical (unpaired) electrons. The van der Waals surface area contributed by atoms with Gasteiger partial charge in [-0.2, -0.15) is 0 Å². The maximum Gasteiger partial charge on any atom is 0.0141 e. The Morgan fingerprint density at radius 1 is 1.62 bits per heavy atom. The summed E-state index contributed by atoms with van der Waals surface area (Å²) >= 11 is 0. The molecular weight excluding hydrogens is 100 g/mol. The van der Waals surface area contributed by atoms with E-state index in [-0.39, 0.29) is 11.5 Å². The normalized spacial score (nSPS) is 15.5. The molecule has 2 nitrogen and oxygen atoms in total. The van der Waals surface area contributed by atoms with Gasteiger partial charge in [0.2, 0.25) is 0 Å². The average molecular weight is 114 g/mol. The Morgan fingerprint density at radius 3 is 2.00 bits per heavy atom. The smallest absolute Gasteiger partial charge is 0.0141 e. The van der Waals surface area contributed by atoms with E-state index in [9.17, 15) is 0 Å². The minimum atomic E-state index is -0.139. The molecule has 3 N–H and O–H groups in total. The van der Waals surface area contributed by atoms with Crippen molar-refractivity contribution < 1.29 is 0 Å². The lowest BCUT2D eigenvalue weighted by Gasteiger charge is -2.22. The van der Waals surface area contributed by atoms with Crippen molar-refractivity contribution in [3.8, 4) is 0 Å². The molecule has 0 aromatic rings. The van der Waals surface area contributed by atoms with E-state index in [1.165, 1.54) is 6.21 Å². The molecule has 0 aromatic heterocycles. The van der Waals surface area contributed by atoms with Gasteiger partial charge in [0.25, 0.3) is 0 Å². The summed E-state index contributed by atoms with van der Waals surface area (Å²) in [4.78, 5) is 0. The van der Waals surface area contributed by atoms with Crippen LogP contribution in [0.25, 0.3) is 0 Å². The van der Waals surface area contributed by atoms with Gasteiger partial charge in [-0.25, -0.2) is 0 Å². The van der Waals surface area contributed by atoms with Crippen LogP contribution in [0.3, 0.4) is 0 Å². The largest absolute Gasteiger partial charge is 0.327 e. The molecule has 0 bridgehead atoms. The highest BCUT2D eigenvalue weighted by Gasteiger charge is 2.18. The molecule has 0 amide bonds. The van der Waals surface area contributed by atoms with Crippen molar-refractivity contribution in [2.24, 2.45) is 11.1 Å². The molecule has 0 aromatic carbocycles. The van der Waals surface area contributed by atoms with Gasteiger partial charge >= 0.3 is 0 Å². The molecule has 0 spiro atoms. The van der Waals surface area contributed by atoms with Gasteiger partial charge in [0.1, 0.15) is 0 Å². The molecule has 0 fully saturated rings. The summed E-state index contributed by atoms with van der Waals surface area (Å²) in [6.45, 7) is 5.81. The van der Waals surface area contributed by atoms with Crippen LogP contribution in [0, 0.1) is 10.8 Å². The van der Waals surface area contributed by atoms with Crippen LogP contribution in [-0.2, 0) is 0 Å². The topological polar surface area (TPSA) is 49.9 Å². The van der Waals surface area contributed by atoms with E-state index < -0.39 is 0 Å². The van der Waals surface area contributed by atoms with Gasteiger partial charge in [-0.15, -0.1) is 0 Å². The molecule has 0 rings (SSSR count). The minimum absolute atomic E-state index is 0.0694. The fourth-order valence-electron chi connectivity index (χ4n) is 0.131. The lowest BCUT2D eigenvalue weighted by Crippen LogP contribution is -2.35. The monoisotopic (exact) mass is 114 g/mol. The van der Waals surface area contributed by atoms with Crippen molar-refractivity contribution in [2.45, 2.75) is 26.8 Å². The third kappa shape index (κ3) is 1.62. The summed E-state index contributed by atoms with van der Waals surface area (Å²) in [6, 6.07) is 0.0694. The molecule has 0 aliphatic heterocycles. The predicted octanol–water partition coefficient (Wildman–Crippen LogP) is 1.01. The highest BCUT2D eigenvalue weighted by molar-refractivity contribution is 5.62. The van der Waals surface area contributed by atoms with Crippen LogP contribution in [0.4, 0.5) is 0 Å². The van der Waals surface area contributed by atoms with Crippen molar-refractivity contribution in [3.63, 3.8) is 0 Å². The van der Waals surface area contributed by atoms with Crippen LogP contribution in [-0.4, -0.2) is 12.3 Å². The van der Waals surface area contributed by atoms with Gasteiger partial charge < -0.3 is 11.1 Å². The number of rotatable bonds is 2. The maximum absolute atomic E-state index is 6.93. The fraction of sp³-hybridized carbons (Fsp3) is 0.833. The second kappa shape index (κ2) is 2.27. The SMILES string of the molecule is CC(N)C(C)(C)C=N. The van der Waals surface area contributed by atoms with Crippen molar-refractivity contribution in [3.05, 3.63) is 0 Å². The van der Waals surface area contributed by atoms with Gasteiger partial charge in [-0.3, -0.25) is 0 Å². The molecule has 1 unspecified atom stereocenters. The summed E-state index contributed by atoms with van der Waals surface area (Å²) < 4.78 is 0. The van der Waals surface area contributed by atoms with E-state index >= 15 is 0 Å². The summed E-state index contributed by atoms with van der Waals surface area (Å²) in [7, 11) is 0. The molecule has 0 heterocycles. The van der Waals surface area contributed by atoms with Crippen molar-refractivity contribution in [2.75, 3.05) is 0 Å². The second-order valence-corrected chi connectivity index (χ2v) is 2.75. The number of hydrogen-bond acceptors (Lipinski definition) is 2. The van der Waals surface area contributed by atoms with Crippen LogP contribution in [0.2, 0.25) is 0 Å². The van der Waals surface area contributed by atoms with Crippen LogP contribution in [0.15, 0.2) is 0 Å². The zero-order valence-electron chi connectivity index (χ0n) is 5.73. The van der Waals surface area contributed by atoms with Crippen LogP contribution >= 0.6 is 0 Å². The number of nitrogens with one attached hydrogen (secondary N) is 1. The van der Waals surface area contributed by atoms with E-state index in [1.54, 1.807) is 0 Å². The van der Waals surface area contributed by atoms with E-state index in [1.807, 2.05) is 20.8 Å². The van der Waals surface area contributed by atoms with Gasteiger partial charge in [-0.1, -0.05) is 13.8 Å². The Kier molecular flexibility index (Phi) is 2.16. The molecule has 2 heteroatoms. The molecule has 48 valence electrons. The summed E-state index contributed by atoms with van der Waals surface area (Å²) in [5, 5.41) is 6.93. The van der Waals surface area contributed by atoms with Crippen molar-refractivity contribution in [1.29, 1.82) is 5.41 Å². The first-order valence-electron chi connectivity index (χ1n) is 2.78. The third-order valence-electron chi connectivity index (χ3n) is 1.55. The maximum atomic E-state index is 6.93. The molecule has 0 saturated heterocycles. The zero-order chi connectivity index (χ0) is 6.78. The van der Waals surface area contributed by atoms with E-state index in [0.717, 1.165) is 0 Å². The van der Waals surface area contributed by atoms with Crippen molar-refractivity contribution in [1.82, 2.24) is 0 Å². The quantitative estimate of drug-likeness (QED) is 0.517. The summed E-state index contributed by atoms with van der Waals surface area (Å²) in [5.74, 6) is 0. The lowest BCUT2D eigenvalue weighted by molar-refractivity contribution is 0.437. The molecular formula is C6H14N2. The minimum Gasteiger partial charge on any atom is -0.327 e. The van der Waals surface area contributed by atoms with Gasteiger partial charge in [-0.05, 0) is 6.92 Å². The highest BCUT2D eigenvalue weighted by Crippen LogP contribution is 2.13. The Hall–Kier alpha value is -0.370. The number of hydrogen-bond donors (Lipinski definition) is 2. The Balaban J connectivity index is 3.90. The highest BCUT2D eigenvalue weighted by atomic mass is 14.7.